The summed E-state index contributed by atoms with van der Waals surface area (Å²) in [6.07, 6.45) is 0. The van der Waals surface area contributed by atoms with Crippen molar-refractivity contribution in [2.75, 3.05) is 5.73 Å². The zero-order valence-corrected chi connectivity index (χ0v) is 11.6. The molecule has 0 aliphatic heterocycles. The highest BCUT2D eigenvalue weighted by molar-refractivity contribution is 6.33. The van der Waals surface area contributed by atoms with Gasteiger partial charge in [-0.1, -0.05) is 34.5 Å². The fourth-order valence-corrected chi connectivity index (χ4v) is 2.21. The first-order valence-electron chi connectivity index (χ1n) is 6.09. The molecule has 1 heterocycles. The molecule has 0 saturated carbocycles. The summed E-state index contributed by atoms with van der Waals surface area (Å²) in [4.78, 5) is 4.38. The molecule has 5 heteroatoms. The Balaban J connectivity index is 2.02. The number of halogens is 1. The Hall–Kier alpha value is -2.33. The smallest absolute Gasteiger partial charge is 0.258 e. The Bertz CT molecular complexity index is 767. The number of hydrogen-bond donors (Lipinski definition) is 1. The molecule has 0 aliphatic rings. The first-order valence-corrected chi connectivity index (χ1v) is 6.47. The Morgan fingerprint density at radius 1 is 1.15 bits per heavy atom. The molecule has 0 atom stereocenters. The van der Waals surface area contributed by atoms with Gasteiger partial charge in [-0.25, -0.2) is 0 Å². The van der Waals surface area contributed by atoms with Gasteiger partial charge in [0.2, 0.25) is 5.82 Å². The largest absolute Gasteiger partial charge is 0.399 e. The van der Waals surface area contributed by atoms with Gasteiger partial charge in [0.25, 0.3) is 5.89 Å². The number of benzene rings is 2. The molecule has 3 rings (SSSR count). The number of hydrogen-bond acceptors (Lipinski definition) is 4. The van der Waals surface area contributed by atoms with Gasteiger partial charge in [0.1, 0.15) is 0 Å². The Kier molecular flexibility index (Phi) is 3.16. The van der Waals surface area contributed by atoms with Crippen LogP contribution in [0.25, 0.3) is 22.8 Å². The molecule has 1 aromatic heterocycles. The maximum absolute atomic E-state index is 6.14. The molecule has 2 aromatic carbocycles. The lowest BCUT2D eigenvalue weighted by Gasteiger charge is -1.99. The molecule has 0 saturated heterocycles. The van der Waals surface area contributed by atoms with Crippen LogP contribution in [0, 0.1) is 6.92 Å². The highest BCUT2D eigenvalue weighted by Gasteiger charge is 2.13. The molecule has 3 aromatic rings. The second-order valence-electron chi connectivity index (χ2n) is 4.53. The van der Waals surface area contributed by atoms with Crippen molar-refractivity contribution < 1.29 is 4.52 Å². The second kappa shape index (κ2) is 4.98. The van der Waals surface area contributed by atoms with E-state index in [1.807, 2.05) is 31.2 Å². The molecule has 0 spiro atoms. The van der Waals surface area contributed by atoms with E-state index in [9.17, 15) is 0 Å². The van der Waals surface area contributed by atoms with E-state index in [4.69, 9.17) is 21.9 Å². The van der Waals surface area contributed by atoms with Crippen LogP contribution in [0.3, 0.4) is 0 Å². The standard InChI is InChI=1S/C15H12ClN3O/c1-9-3-2-4-10(7-9)15-18-14(19-20-15)12-6-5-11(17)8-13(12)16/h2-8H,17H2,1H3. The normalized spacial score (nSPS) is 10.7. The van der Waals surface area contributed by atoms with E-state index in [0.29, 0.717) is 28.0 Å². The summed E-state index contributed by atoms with van der Waals surface area (Å²) in [6, 6.07) is 13.1. The van der Waals surface area contributed by atoms with E-state index >= 15 is 0 Å². The fraction of sp³-hybridized carbons (Fsp3) is 0.0667. The van der Waals surface area contributed by atoms with Gasteiger partial charge in [0.15, 0.2) is 0 Å². The van der Waals surface area contributed by atoms with Crippen LogP contribution in [0.15, 0.2) is 47.0 Å². The maximum atomic E-state index is 6.14. The molecule has 20 heavy (non-hydrogen) atoms. The zero-order valence-electron chi connectivity index (χ0n) is 10.8. The second-order valence-corrected chi connectivity index (χ2v) is 4.94. The number of nitrogens with zero attached hydrogens (tertiary/aromatic N) is 2. The van der Waals surface area contributed by atoms with Crippen molar-refractivity contribution in [1.29, 1.82) is 0 Å². The van der Waals surface area contributed by atoms with Crippen LogP contribution < -0.4 is 5.73 Å². The monoisotopic (exact) mass is 285 g/mol. The summed E-state index contributed by atoms with van der Waals surface area (Å²) in [5.74, 6) is 0.920. The van der Waals surface area contributed by atoms with Crippen molar-refractivity contribution >= 4 is 17.3 Å². The number of aryl methyl sites for hydroxylation is 1. The Labute approximate surface area is 121 Å². The average Bonchev–Trinajstić information content (AvgIpc) is 2.88. The minimum atomic E-state index is 0.450. The van der Waals surface area contributed by atoms with Gasteiger partial charge in [0.05, 0.1) is 5.02 Å². The molecule has 100 valence electrons. The fourth-order valence-electron chi connectivity index (χ4n) is 1.94. The summed E-state index contributed by atoms with van der Waals surface area (Å²) in [6.45, 7) is 2.01. The van der Waals surface area contributed by atoms with E-state index in [0.717, 1.165) is 11.1 Å². The first kappa shape index (κ1) is 12.7. The molecule has 2 N–H and O–H groups in total. The zero-order chi connectivity index (χ0) is 14.1. The Morgan fingerprint density at radius 3 is 2.75 bits per heavy atom. The van der Waals surface area contributed by atoms with Crippen molar-refractivity contribution in [1.82, 2.24) is 10.1 Å². The van der Waals surface area contributed by atoms with Gasteiger partial charge in [-0.3, -0.25) is 0 Å². The molecule has 0 fully saturated rings. The molecular weight excluding hydrogens is 274 g/mol. The molecular formula is C15H12ClN3O. The lowest BCUT2D eigenvalue weighted by molar-refractivity contribution is 0.432. The molecule has 0 unspecified atom stereocenters. The predicted octanol–water partition coefficient (Wildman–Crippen LogP) is 3.95. The van der Waals surface area contributed by atoms with Crippen LogP contribution in [-0.2, 0) is 0 Å². The summed E-state index contributed by atoms with van der Waals surface area (Å²) in [5, 5.41) is 4.47. The maximum Gasteiger partial charge on any atom is 0.258 e. The molecule has 0 bridgehead atoms. The molecule has 0 amide bonds. The third-order valence-corrected chi connectivity index (χ3v) is 3.24. The SMILES string of the molecule is Cc1cccc(-c2nc(-c3ccc(N)cc3Cl)no2)c1. The van der Waals surface area contributed by atoms with Crippen molar-refractivity contribution in [3.63, 3.8) is 0 Å². The van der Waals surface area contributed by atoms with Crippen molar-refractivity contribution in [3.05, 3.63) is 53.1 Å². The van der Waals surface area contributed by atoms with E-state index < -0.39 is 0 Å². The lowest BCUT2D eigenvalue weighted by Crippen LogP contribution is -1.87. The number of rotatable bonds is 2. The van der Waals surface area contributed by atoms with Crippen molar-refractivity contribution in [2.24, 2.45) is 0 Å². The molecule has 0 aliphatic carbocycles. The first-order chi connectivity index (χ1) is 9.63. The van der Waals surface area contributed by atoms with Crippen molar-refractivity contribution in [2.45, 2.75) is 6.92 Å². The minimum absolute atomic E-state index is 0.450. The number of nitrogens with two attached hydrogens (primary N) is 1. The number of nitrogen functional groups attached to an aromatic ring is 1. The van der Waals surface area contributed by atoms with Gasteiger partial charge in [-0.15, -0.1) is 0 Å². The van der Waals surface area contributed by atoms with Gasteiger partial charge >= 0.3 is 0 Å². The summed E-state index contributed by atoms with van der Waals surface area (Å²) in [7, 11) is 0. The number of anilines is 1. The van der Waals surface area contributed by atoms with Crippen LogP contribution in [0.5, 0.6) is 0 Å². The summed E-state index contributed by atoms with van der Waals surface area (Å²) < 4.78 is 5.29. The highest BCUT2D eigenvalue weighted by atomic mass is 35.5. The Morgan fingerprint density at radius 2 is 2.00 bits per heavy atom. The van der Waals surface area contributed by atoms with Crippen LogP contribution >= 0.6 is 11.6 Å². The van der Waals surface area contributed by atoms with Gasteiger partial charge in [-0.05, 0) is 37.3 Å². The van der Waals surface area contributed by atoms with Crippen LogP contribution in [0.1, 0.15) is 5.56 Å². The van der Waals surface area contributed by atoms with Crippen LogP contribution in [0.2, 0.25) is 5.02 Å². The van der Waals surface area contributed by atoms with E-state index in [1.165, 1.54) is 0 Å². The number of aromatic nitrogens is 2. The van der Waals surface area contributed by atoms with Gasteiger partial charge in [0, 0.05) is 16.8 Å². The predicted molar refractivity (Wildman–Crippen MR) is 79.3 cm³/mol. The third-order valence-electron chi connectivity index (χ3n) is 2.93. The van der Waals surface area contributed by atoms with Crippen LogP contribution in [0.4, 0.5) is 5.69 Å². The molecule has 0 radical (unpaired) electrons. The average molecular weight is 286 g/mol. The van der Waals surface area contributed by atoms with Crippen LogP contribution in [-0.4, -0.2) is 10.1 Å². The topological polar surface area (TPSA) is 64.9 Å². The molecule has 4 nitrogen and oxygen atoms in total. The summed E-state index contributed by atoms with van der Waals surface area (Å²) in [5.41, 5.74) is 8.98. The van der Waals surface area contributed by atoms with Gasteiger partial charge < -0.3 is 10.3 Å². The highest BCUT2D eigenvalue weighted by Crippen LogP contribution is 2.29. The van der Waals surface area contributed by atoms with Gasteiger partial charge in [-0.2, -0.15) is 4.98 Å². The lowest BCUT2D eigenvalue weighted by atomic mass is 10.1. The summed E-state index contributed by atoms with van der Waals surface area (Å²) >= 11 is 6.14. The van der Waals surface area contributed by atoms with E-state index in [-0.39, 0.29) is 0 Å². The third kappa shape index (κ3) is 2.38. The van der Waals surface area contributed by atoms with E-state index in [1.54, 1.807) is 18.2 Å². The van der Waals surface area contributed by atoms with E-state index in [2.05, 4.69) is 10.1 Å². The van der Waals surface area contributed by atoms with Crippen molar-refractivity contribution in [3.8, 4) is 22.8 Å². The minimum Gasteiger partial charge on any atom is -0.399 e. The quantitative estimate of drug-likeness (QED) is 0.724.